The number of methoxy groups -OCH3 is 2. The number of benzene rings is 1. The average molecular weight is 298 g/mol. The van der Waals surface area contributed by atoms with Crippen LogP contribution in [0.3, 0.4) is 0 Å². The Hall–Kier alpha value is -1.42. The largest absolute Gasteiger partial charge is 0.497 e. The number of nitrogens with one attached hydrogen (secondary N) is 1. The first-order chi connectivity index (χ1) is 9.62. The number of ether oxygens (including phenoxy) is 2. The summed E-state index contributed by atoms with van der Waals surface area (Å²) < 4.78 is 10.4. The van der Waals surface area contributed by atoms with Gasteiger partial charge in [-0.25, -0.2) is 0 Å². The van der Waals surface area contributed by atoms with Gasteiger partial charge in [-0.15, -0.1) is 11.6 Å². The number of carbonyl (C=O) groups is 1. The van der Waals surface area contributed by atoms with Gasteiger partial charge < -0.3 is 14.8 Å². The second-order valence-electron chi connectivity index (χ2n) is 5.18. The molecule has 1 aromatic carbocycles. The van der Waals surface area contributed by atoms with Gasteiger partial charge in [0.2, 0.25) is 0 Å². The Labute approximate surface area is 124 Å². The van der Waals surface area contributed by atoms with Crippen molar-refractivity contribution < 1.29 is 14.3 Å². The second-order valence-corrected chi connectivity index (χ2v) is 5.44. The Kier molecular flexibility index (Phi) is 4.76. The third-order valence-electron chi connectivity index (χ3n) is 3.81. The van der Waals surface area contributed by atoms with Gasteiger partial charge in [0.05, 0.1) is 19.8 Å². The van der Waals surface area contributed by atoms with Crippen molar-refractivity contribution in [2.24, 2.45) is 0 Å². The topological polar surface area (TPSA) is 47.6 Å². The van der Waals surface area contributed by atoms with Crippen molar-refractivity contribution in [3.05, 3.63) is 23.8 Å². The maximum absolute atomic E-state index is 12.4. The molecule has 0 unspecified atom stereocenters. The van der Waals surface area contributed by atoms with Crippen LogP contribution in [0.2, 0.25) is 0 Å². The third-order valence-corrected chi connectivity index (χ3v) is 4.32. The monoisotopic (exact) mass is 297 g/mol. The zero-order chi connectivity index (χ0) is 14.6. The molecule has 20 heavy (non-hydrogen) atoms. The number of halogens is 1. The van der Waals surface area contributed by atoms with E-state index in [2.05, 4.69) is 5.32 Å². The van der Waals surface area contributed by atoms with Gasteiger partial charge in [0.1, 0.15) is 11.5 Å². The second kappa shape index (κ2) is 6.35. The summed E-state index contributed by atoms with van der Waals surface area (Å²) in [6.07, 6.45) is 4.08. The van der Waals surface area contributed by atoms with Crippen molar-refractivity contribution in [3.8, 4) is 11.5 Å². The molecule has 1 fully saturated rings. The van der Waals surface area contributed by atoms with Gasteiger partial charge in [0, 0.05) is 17.5 Å². The molecular formula is C15H20ClNO3. The highest BCUT2D eigenvalue weighted by atomic mass is 35.5. The number of amides is 1. The molecule has 2 rings (SSSR count). The number of carbonyl (C=O) groups excluding carboxylic acids is 1. The first-order valence-electron chi connectivity index (χ1n) is 6.74. The normalized spacial score (nSPS) is 16.8. The Balaban J connectivity index is 2.20. The van der Waals surface area contributed by atoms with Gasteiger partial charge in [-0.2, -0.15) is 0 Å². The number of alkyl halides is 1. The molecule has 0 atom stereocenters. The zero-order valence-electron chi connectivity index (χ0n) is 11.9. The van der Waals surface area contributed by atoms with Crippen LogP contribution >= 0.6 is 11.6 Å². The van der Waals surface area contributed by atoms with Gasteiger partial charge in [0.25, 0.3) is 5.91 Å². The smallest absolute Gasteiger partial charge is 0.252 e. The summed E-state index contributed by atoms with van der Waals surface area (Å²) >= 11 is 6.05. The number of hydrogen-bond acceptors (Lipinski definition) is 3. The Morgan fingerprint density at radius 2 is 1.75 bits per heavy atom. The summed E-state index contributed by atoms with van der Waals surface area (Å²) in [4.78, 5) is 12.4. The number of rotatable bonds is 5. The minimum absolute atomic E-state index is 0.134. The highest BCUT2D eigenvalue weighted by molar-refractivity contribution is 6.19. The van der Waals surface area contributed by atoms with Crippen LogP contribution in [0.15, 0.2) is 18.2 Å². The molecule has 110 valence electrons. The first kappa shape index (κ1) is 15.0. The van der Waals surface area contributed by atoms with Gasteiger partial charge in [-0.05, 0) is 25.0 Å². The zero-order valence-corrected chi connectivity index (χ0v) is 12.6. The third kappa shape index (κ3) is 3.18. The van der Waals surface area contributed by atoms with Crippen LogP contribution in [0.4, 0.5) is 0 Å². The summed E-state index contributed by atoms with van der Waals surface area (Å²) in [5.74, 6) is 1.51. The van der Waals surface area contributed by atoms with E-state index in [0.717, 1.165) is 25.7 Å². The highest BCUT2D eigenvalue weighted by Gasteiger charge is 2.34. The van der Waals surface area contributed by atoms with Crippen LogP contribution in [0.5, 0.6) is 11.5 Å². The molecule has 0 heterocycles. The van der Waals surface area contributed by atoms with Crippen LogP contribution in [0, 0.1) is 0 Å². The summed E-state index contributed by atoms with van der Waals surface area (Å²) in [5.41, 5.74) is 0.257. The molecule has 1 aliphatic carbocycles. The first-order valence-corrected chi connectivity index (χ1v) is 7.27. The van der Waals surface area contributed by atoms with Crippen molar-refractivity contribution in [2.75, 3.05) is 20.1 Å². The van der Waals surface area contributed by atoms with Crippen LogP contribution in [-0.4, -0.2) is 31.5 Å². The van der Waals surface area contributed by atoms with Gasteiger partial charge in [0.15, 0.2) is 0 Å². The molecule has 1 amide bonds. The molecule has 0 bridgehead atoms. The van der Waals surface area contributed by atoms with Crippen molar-refractivity contribution >= 4 is 17.5 Å². The van der Waals surface area contributed by atoms with E-state index >= 15 is 0 Å². The summed E-state index contributed by atoms with van der Waals surface area (Å²) in [6, 6.07) is 5.15. The Bertz CT molecular complexity index is 462. The van der Waals surface area contributed by atoms with Gasteiger partial charge in [-0.3, -0.25) is 4.79 Å². The fourth-order valence-corrected chi connectivity index (χ4v) is 2.93. The quantitative estimate of drug-likeness (QED) is 0.850. The summed E-state index contributed by atoms with van der Waals surface area (Å²) in [6.45, 7) is 0. The summed E-state index contributed by atoms with van der Waals surface area (Å²) in [7, 11) is 3.13. The average Bonchev–Trinajstić information content (AvgIpc) is 2.95. The van der Waals surface area contributed by atoms with Gasteiger partial charge >= 0.3 is 0 Å². The number of hydrogen-bond donors (Lipinski definition) is 1. The lowest BCUT2D eigenvalue weighted by Crippen LogP contribution is -2.47. The Morgan fingerprint density at radius 1 is 1.20 bits per heavy atom. The van der Waals surface area contributed by atoms with Crippen LogP contribution in [0.1, 0.15) is 36.0 Å². The predicted octanol–water partition coefficient (Wildman–Crippen LogP) is 2.99. The molecule has 0 radical (unpaired) electrons. The van der Waals surface area contributed by atoms with E-state index in [1.165, 1.54) is 0 Å². The molecule has 0 aromatic heterocycles. The van der Waals surface area contributed by atoms with Crippen LogP contribution in [-0.2, 0) is 0 Å². The maximum atomic E-state index is 12.4. The van der Waals surface area contributed by atoms with E-state index in [-0.39, 0.29) is 11.4 Å². The molecule has 1 aliphatic rings. The Morgan fingerprint density at radius 3 is 2.20 bits per heavy atom. The van der Waals surface area contributed by atoms with E-state index in [1.807, 2.05) is 0 Å². The van der Waals surface area contributed by atoms with Gasteiger partial charge in [-0.1, -0.05) is 12.8 Å². The molecule has 1 aromatic rings. The van der Waals surface area contributed by atoms with E-state index in [9.17, 15) is 4.79 Å². The predicted molar refractivity (Wildman–Crippen MR) is 78.9 cm³/mol. The highest BCUT2D eigenvalue weighted by Crippen LogP contribution is 2.31. The van der Waals surface area contributed by atoms with E-state index < -0.39 is 0 Å². The molecule has 0 aliphatic heterocycles. The van der Waals surface area contributed by atoms with Crippen molar-refractivity contribution in [1.82, 2.24) is 5.32 Å². The molecule has 5 heteroatoms. The van der Waals surface area contributed by atoms with Crippen molar-refractivity contribution in [1.29, 1.82) is 0 Å². The van der Waals surface area contributed by atoms with E-state index in [4.69, 9.17) is 21.1 Å². The minimum atomic E-state index is -0.269. The fourth-order valence-electron chi connectivity index (χ4n) is 2.60. The van der Waals surface area contributed by atoms with Crippen molar-refractivity contribution in [2.45, 2.75) is 31.2 Å². The molecule has 0 saturated heterocycles. The molecule has 1 N–H and O–H groups in total. The molecule has 0 spiro atoms. The molecular weight excluding hydrogens is 278 g/mol. The molecule has 4 nitrogen and oxygen atoms in total. The van der Waals surface area contributed by atoms with Crippen LogP contribution < -0.4 is 14.8 Å². The van der Waals surface area contributed by atoms with E-state index in [1.54, 1.807) is 32.4 Å². The maximum Gasteiger partial charge on any atom is 0.252 e. The lowest BCUT2D eigenvalue weighted by atomic mass is 9.99. The minimum Gasteiger partial charge on any atom is -0.497 e. The van der Waals surface area contributed by atoms with Crippen LogP contribution in [0.25, 0.3) is 0 Å². The lowest BCUT2D eigenvalue weighted by molar-refractivity contribution is 0.0908. The lowest BCUT2D eigenvalue weighted by Gasteiger charge is -2.28. The molecule has 1 saturated carbocycles. The van der Waals surface area contributed by atoms with Crippen molar-refractivity contribution in [3.63, 3.8) is 0 Å². The summed E-state index contributed by atoms with van der Waals surface area (Å²) in [5, 5.41) is 3.08. The SMILES string of the molecule is COc1cc(OC)cc(C(=O)NC2(CCl)CCCC2)c1. The standard InChI is InChI=1S/C15H20ClNO3/c1-19-12-7-11(8-13(9-12)20-2)14(18)17-15(10-16)5-3-4-6-15/h7-9H,3-6,10H2,1-2H3,(H,17,18). The fraction of sp³-hybridized carbons (Fsp3) is 0.533. The van der Waals surface area contributed by atoms with E-state index in [0.29, 0.717) is 22.9 Å².